The Balaban J connectivity index is 1.75. The van der Waals surface area contributed by atoms with Crippen LogP contribution in [0.1, 0.15) is 0 Å². The number of anilines is 1. The second-order valence-corrected chi connectivity index (χ2v) is 7.45. The van der Waals surface area contributed by atoms with E-state index >= 15 is 0 Å². The number of benzene rings is 2. The topological polar surface area (TPSA) is 68.3 Å². The second kappa shape index (κ2) is 7.02. The van der Waals surface area contributed by atoms with Crippen LogP contribution in [0, 0.1) is 0 Å². The third kappa shape index (κ3) is 4.12. The molecular weight excluding hydrogens is 392 g/mol. The van der Waals surface area contributed by atoms with Crippen molar-refractivity contribution >= 4 is 31.8 Å². The molecule has 3 rings (SSSR count). The normalized spacial score (nSPS) is 11.0. The summed E-state index contributed by atoms with van der Waals surface area (Å²) in [6.45, 7) is 0. The van der Waals surface area contributed by atoms with Crippen molar-refractivity contribution in [2.24, 2.45) is 0 Å². The highest BCUT2D eigenvalue weighted by Crippen LogP contribution is 2.25. The van der Waals surface area contributed by atoms with Crippen molar-refractivity contribution < 1.29 is 13.2 Å². The van der Waals surface area contributed by atoms with E-state index in [0.717, 1.165) is 4.47 Å². The number of pyridine rings is 1. The number of aromatic nitrogens is 1. The molecule has 3 aromatic rings. The molecule has 5 nitrogen and oxygen atoms in total. The highest BCUT2D eigenvalue weighted by Gasteiger charge is 2.14. The first-order valence-electron chi connectivity index (χ1n) is 7.00. The van der Waals surface area contributed by atoms with Crippen molar-refractivity contribution in [2.75, 3.05) is 4.72 Å². The monoisotopic (exact) mass is 404 g/mol. The first kappa shape index (κ1) is 16.5. The van der Waals surface area contributed by atoms with Gasteiger partial charge in [0.05, 0.1) is 4.90 Å². The smallest absolute Gasteiger partial charge is 0.263 e. The van der Waals surface area contributed by atoms with E-state index in [1.807, 2.05) is 24.3 Å². The van der Waals surface area contributed by atoms with Crippen LogP contribution in [0.5, 0.6) is 11.5 Å². The Kier molecular flexibility index (Phi) is 4.82. The number of halogens is 1. The molecule has 7 heteroatoms. The fourth-order valence-corrected chi connectivity index (χ4v) is 3.22. The van der Waals surface area contributed by atoms with Gasteiger partial charge in [-0.3, -0.25) is 4.72 Å². The summed E-state index contributed by atoms with van der Waals surface area (Å²) in [4.78, 5) is 4.09. The van der Waals surface area contributed by atoms with Gasteiger partial charge in [0.1, 0.15) is 17.3 Å². The van der Waals surface area contributed by atoms with Gasteiger partial charge < -0.3 is 4.74 Å². The highest BCUT2D eigenvalue weighted by atomic mass is 79.9. The van der Waals surface area contributed by atoms with Gasteiger partial charge in [-0.1, -0.05) is 22.0 Å². The zero-order valence-electron chi connectivity index (χ0n) is 12.4. The summed E-state index contributed by atoms with van der Waals surface area (Å²) in [5.74, 6) is 1.49. The van der Waals surface area contributed by atoms with Gasteiger partial charge in [-0.05, 0) is 60.7 Å². The lowest BCUT2D eigenvalue weighted by molar-refractivity contribution is 0.482. The molecular formula is C17H13BrN2O3S. The number of rotatable bonds is 5. The molecule has 0 amide bonds. The molecule has 2 aromatic carbocycles. The van der Waals surface area contributed by atoms with Crippen molar-refractivity contribution in [1.82, 2.24) is 4.98 Å². The Labute approximate surface area is 148 Å². The number of ether oxygens (including phenoxy) is 1. The van der Waals surface area contributed by atoms with Crippen molar-refractivity contribution in [3.8, 4) is 11.5 Å². The summed E-state index contributed by atoms with van der Waals surface area (Å²) in [6, 6.07) is 18.6. The number of hydrogen-bond donors (Lipinski definition) is 1. The average molecular weight is 405 g/mol. The van der Waals surface area contributed by atoms with Crippen molar-refractivity contribution in [1.29, 1.82) is 0 Å². The minimum absolute atomic E-state index is 0.135. The van der Waals surface area contributed by atoms with Crippen LogP contribution in [0.4, 0.5) is 5.82 Å². The molecule has 0 aliphatic carbocycles. The molecule has 1 heterocycles. The molecule has 1 aromatic heterocycles. The Hall–Kier alpha value is -2.38. The van der Waals surface area contributed by atoms with Crippen molar-refractivity contribution in [3.63, 3.8) is 0 Å². The van der Waals surface area contributed by atoms with Gasteiger partial charge in [0.25, 0.3) is 10.0 Å². The van der Waals surface area contributed by atoms with E-state index in [-0.39, 0.29) is 10.7 Å². The van der Waals surface area contributed by atoms with E-state index < -0.39 is 10.0 Å². The van der Waals surface area contributed by atoms with E-state index in [0.29, 0.717) is 11.5 Å². The summed E-state index contributed by atoms with van der Waals surface area (Å²) in [7, 11) is -3.68. The third-order valence-electron chi connectivity index (χ3n) is 3.09. The fraction of sp³-hybridized carbons (Fsp3) is 0. The lowest BCUT2D eigenvalue weighted by Gasteiger charge is -2.09. The molecule has 122 valence electrons. The lowest BCUT2D eigenvalue weighted by atomic mass is 10.3. The van der Waals surface area contributed by atoms with Gasteiger partial charge in [0, 0.05) is 10.7 Å². The van der Waals surface area contributed by atoms with Gasteiger partial charge in [-0.2, -0.15) is 0 Å². The standard InChI is InChI=1S/C17H13BrN2O3S/c18-13-4-6-14(7-5-13)23-15-8-10-16(11-9-15)24(21,22)20-17-3-1-2-12-19-17/h1-12H,(H,19,20). The van der Waals surface area contributed by atoms with Crippen molar-refractivity contribution in [2.45, 2.75) is 4.90 Å². The molecule has 0 saturated heterocycles. The summed E-state index contributed by atoms with van der Waals surface area (Å²) in [5, 5.41) is 0. The first-order chi connectivity index (χ1) is 11.5. The number of nitrogens with zero attached hydrogens (tertiary/aromatic N) is 1. The van der Waals surface area contributed by atoms with Crippen LogP contribution in [0.2, 0.25) is 0 Å². The molecule has 24 heavy (non-hydrogen) atoms. The quantitative estimate of drug-likeness (QED) is 0.682. The maximum Gasteiger partial charge on any atom is 0.263 e. The van der Waals surface area contributed by atoms with Crippen LogP contribution in [0.15, 0.2) is 82.3 Å². The van der Waals surface area contributed by atoms with Gasteiger partial charge in [0.15, 0.2) is 0 Å². The molecule has 0 radical (unpaired) electrons. The molecule has 0 fully saturated rings. The Morgan fingerprint density at radius 1 is 0.875 bits per heavy atom. The van der Waals surface area contributed by atoms with E-state index in [2.05, 4.69) is 25.6 Å². The van der Waals surface area contributed by atoms with Gasteiger partial charge in [-0.15, -0.1) is 0 Å². The molecule has 0 spiro atoms. The van der Waals surface area contributed by atoms with Crippen LogP contribution in [0.25, 0.3) is 0 Å². The Morgan fingerprint density at radius 3 is 2.08 bits per heavy atom. The zero-order chi connectivity index (χ0) is 17.0. The molecule has 1 N–H and O–H groups in total. The number of hydrogen-bond acceptors (Lipinski definition) is 4. The first-order valence-corrected chi connectivity index (χ1v) is 9.28. The SMILES string of the molecule is O=S(=O)(Nc1ccccn1)c1ccc(Oc2ccc(Br)cc2)cc1. The third-order valence-corrected chi connectivity index (χ3v) is 4.99. The fourth-order valence-electron chi connectivity index (χ4n) is 1.95. The molecule has 0 saturated carbocycles. The van der Waals surface area contributed by atoms with Crippen LogP contribution < -0.4 is 9.46 Å². The largest absolute Gasteiger partial charge is 0.457 e. The summed E-state index contributed by atoms with van der Waals surface area (Å²) in [5.41, 5.74) is 0. The summed E-state index contributed by atoms with van der Waals surface area (Å²) in [6.07, 6.45) is 1.52. The molecule has 0 aliphatic heterocycles. The lowest BCUT2D eigenvalue weighted by Crippen LogP contribution is -2.13. The van der Waals surface area contributed by atoms with Gasteiger partial charge >= 0.3 is 0 Å². The number of sulfonamides is 1. The van der Waals surface area contributed by atoms with Gasteiger partial charge in [0.2, 0.25) is 0 Å². The Bertz CT molecular complexity index is 912. The second-order valence-electron chi connectivity index (χ2n) is 4.85. The van der Waals surface area contributed by atoms with Crippen LogP contribution in [0.3, 0.4) is 0 Å². The van der Waals surface area contributed by atoms with E-state index in [1.165, 1.54) is 18.3 Å². The van der Waals surface area contributed by atoms with Gasteiger partial charge in [-0.25, -0.2) is 13.4 Å². The van der Waals surface area contributed by atoms with Crippen LogP contribution >= 0.6 is 15.9 Å². The maximum atomic E-state index is 12.3. The zero-order valence-corrected chi connectivity index (χ0v) is 14.8. The summed E-state index contributed by atoms with van der Waals surface area (Å²) < 4.78 is 33.7. The minimum Gasteiger partial charge on any atom is -0.457 e. The predicted molar refractivity (Wildman–Crippen MR) is 95.7 cm³/mol. The van der Waals surface area contributed by atoms with E-state index in [4.69, 9.17) is 4.74 Å². The molecule has 0 unspecified atom stereocenters. The number of nitrogens with one attached hydrogen (secondary N) is 1. The van der Waals surface area contributed by atoms with Crippen LogP contribution in [-0.4, -0.2) is 13.4 Å². The molecule has 0 bridgehead atoms. The average Bonchev–Trinajstić information content (AvgIpc) is 2.58. The van der Waals surface area contributed by atoms with Crippen molar-refractivity contribution in [3.05, 3.63) is 77.4 Å². The Morgan fingerprint density at radius 2 is 1.50 bits per heavy atom. The summed E-state index contributed by atoms with van der Waals surface area (Å²) >= 11 is 3.36. The molecule has 0 atom stereocenters. The highest BCUT2D eigenvalue weighted by molar-refractivity contribution is 9.10. The van der Waals surface area contributed by atoms with E-state index in [1.54, 1.807) is 30.3 Å². The minimum atomic E-state index is -3.68. The van der Waals surface area contributed by atoms with Crippen LogP contribution in [-0.2, 0) is 10.0 Å². The molecule has 0 aliphatic rings. The predicted octanol–water partition coefficient (Wildman–Crippen LogP) is 4.44. The maximum absolute atomic E-state index is 12.3. The van der Waals surface area contributed by atoms with E-state index in [9.17, 15) is 8.42 Å².